The lowest BCUT2D eigenvalue weighted by atomic mass is 10.1. The summed E-state index contributed by atoms with van der Waals surface area (Å²) in [6.07, 6.45) is 4.16. The van der Waals surface area contributed by atoms with Crippen LogP contribution in [-0.2, 0) is 6.54 Å². The van der Waals surface area contributed by atoms with Crippen molar-refractivity contribution in [2.75, 3.05) is 52.9 Å². The average Bonchev–Trinajstić information content (AvgIpc) is 3.05. The van der Waals surface area contributed by atoms with Gasteiger partial charge in [0.25, 0.3) is 0 Å². The van der Waals surface area contributed by atoms with Gasteiger partial charge in [0.1, 0.15) is 0 Å². The summed E-state index contributed by atoms with van der Waals surface area (Å²) in [6.45, 7) is 8.90. The average molecular weight is 418 g/mol. The molecule has 3 saturated heterocycles. The van der Waals surface area contributed by atoms with Gasteiger partial charge in [0, 0.05) is 77.8 Å². The Morgan fingerprint density at radius 1 is 1.14 bits per heavy atom. The summed E-state index contributed by atoms with van der Waals surface area (Å²) in [6, 6.07) is 4.72. The van der Waals surface area contributed by atoms with Gasteiger partial charge in [0.15, 0.2) is 5.96 Å². The first kappa shape index (κ1) is 17.6. The lowest BCUT2D eigenvalue weighted by Crippen LogP contribution is -2.63. The second kappa shape index (κ2) is 8.73. The van der Waals surface area contributed by atoms with Crippen LogP contribution in [-0.4, -0.2) is 79.2 Å². The maximum absolute atomic E-state index is 4.31. The number of hydrogen-bond acceptors (Lipinski definition) is 3. The molecule has 6 nitrogen and oxygen atoms in total. The summed E-state index contributed by atoms with van der Waals surface area (Å²) in [5.74, 6) is 0.903. The van der Waals surface area contributed by atoms with E-state index < -0.39 is 0 Å². The van der Waals surface area contributed by atoms with Crippen LogP contribution in [0.2, 0.25) is 0 Å². The summed E-state index contributed by atoms with van der Waals surface area (Å²) in [4.78, 5) is 9.47. The normalized spacial score (nSPS) is 27.3. The molecule has 0 spiro atoms. The first-order chi connectivity index (χ1) is 10.3. The predicted octanol–water partition coefficient (Wildman–Crippen LogP) is 0.271. The quantitative estimate of drug-likeness (QED) is 0.410. The first-order valence-electron chi connectivity index (χ1n) is 7.87. The summed E-state index contributed by atoms with van der Waals surface area (Å²) in [5, 5.41) is 6.84. The van der Waals surface area contributed by atoms with Crippen LogP contribution >= 0.6 is 24.0 Å². The molecule has 3 aliphatic rings. The van der Waals surface area contributed by atoms with Crippen LogP contribution in [0.15, 0.2) is 29.5 Å². The molecule has 2 bridgehead atoms. The van der Waals surface area contributed by atoms with Crippen LogP contribution in [0.1, 0.15) is 0 Å². The maximum Gasteiger partial charge on any atom is 0.191 e. The summed E-state index contributed by atoms with van der Waals surface area (Å²) < 4.78 is 2.17. The largest absolute Gasteiger partial charge is 0.355 e. The Labute approximate surface area is 150 Å². The second-order valence-corrected chi connectivity index (χ2v) is 5.79. The van der Waals surface area contributed by atoms with Gasteiger partial charge in [0.05, 0.1) is 0 Å². The fourth-order valence-corrected chi connectivity index (χ4v) is 3.18. The third-order valence-corrected chi connectivity index (χ3v) is 4.45. The van der Waals surface area contributed by atoms with Crippen molar-refractivity contribution in [2.45, 2.75) is 12.6 Å². The van der Waals surface area contributed by atoms with Gasteiger partial charge < -0.3 is 15.2 Å². The Morgan fingerprint density at radius 2 is 1.86 bits per heavy atom. The molecule has 3 fully saturated rings. The van der Waals surface area contributed by atoms with Crippen LogP contribution in [0.4, 0.5) is 0 Å². The number of aromatic nitrogens is 1. The Kier molecular flexibility index (Phi) is 6.97. The van der Waals surface area contributed by atoms with E-state index >= 15 is 0 Å². The van der Waals surface area contributed by atoms with Crippen molar-refractivity contribution in [1.82, 2.24) is 25.0 Å². The topological polar surface area (TPSA) is 47.8 Å². The minimum absolute atomic E-state index is 0. The molecule has 0 aromatic carbocycles. The summed E-state index contributed by atoms with van der Waals surface area (Å²) in [5.41, 5.74) is 0. The number of guanidine groups is 1. The number of rotatable bonds is 5. The first-order valence-corrected chi connectivity index (χ1v) is 7.87. The lowest BCUT2D eigenvalue weighted by Gasteiger charge is -2.47. The van der Waals surface area contributed by atoms with E-state index in [9.17, 15) is 0 Å². The van der Waals surface area contributed by atoms with E-state index in [0.717, 1.165) is 25.6 Å². The molecule has 4 heterocycles. The highest BCUT2D eigenvalue weighted by Crippen LogP contribution is 2.14. The van der Waals surface area contributed by atoms with E-state index in [4.69, 9.17) is 0 Å². The molecule has 2 N–H and O–H groups in total. The van der Waals surface area contributed by atoms with Crippen LogP contribution in [0.25, 0.3) is 0 Å². The van der Waals surface area contributed by atoms with Crippen LogP contribution in [0.5, 0.6) is 0 Å². The minimum atomic E-state index is 0. The van der Waals surface area contributed by atoms with Crippen molar-refractivity contribution in [2.24, 2.45) is 4.99 Å². The monoisotopic (exact) mass is 418 g/mol. The predicted molar refractivity (Wildman–Crippen MR) is 101 cm³/mol. The van der Waals surface area contributed by atoms with Crippen molar-refractivity contribution in [1.29, 1.82) is 0 Å². The molecular formula is C15H27IN6. The number of aliphatic imine (C=N–C) groups is 1. The van der Waals surface area contributed by atoms with E-state index in [-0.39, 0.29) is 24.0 Å². The van der Waals surface area contributed by atoms with Crippen molar-refractivity contribution >= 4 is 29.9 Å². The molecule has 0 amide bonds. The SMILES string of the molecule is CN=C(NCCn1cccc1)NCC1CN2CCN1CC2.I. The molecule has 4 rings (SSSR count). The van der Waals surface area contributed by atoms with Crippen molar-refractivity contribution in [3.63, 3.8) is 0 Å². The van der Waals surface area contributed by atoms with Gasteiger partial charge in [-0.25, -0.2) is 0 Å². The van der Waals surface area contributed by atoms with Gasteiger partial charge >= 0.3 is 0 Å². The van der Waals surface area contributed by atoms with Gasteiger partial charge in [0.2, 0.25) is 0 Å². The number of fused-ring (bicyclic) bond motifs is 3. The van der Waals surface area contributed by atoms with Crippen LogP contribution in [0.3, 0.4) is 0 Å². The highest BCUT2D eigenvalue weighted by molar-refractivity contribution is 14.0. The standard InChI is InChI=1S/C15H26N6.HI/c1-16-15(17-4-7-19-5-2-3-6-19)18-12-14-13-20-8-10-21(14)11-9-20;/h2-3,5-6,14H,4,7-13H2,1H3,(H2,16,17,18);1H. The third kappa shape index (κ3) is 4.60. The number of halogens is 1. The Morgan fingerprint density at radius 3 is 2.45 bits per heavy atom. The van der Waals surface area contributed by atoms with Gasteiger partial charge in [-0.2, -0.15) is 0 Å². The number of piperazine rings is 3. The van der Waals surface area contributed by atoms with Crippen LogP contribution in [0, 0.1) is 0 Å². The van der Waals surface area contributed by atoms with Crippen LogP contribution < -0.4 is 10.6 Å². The van der Waals surface area contributed by atoms with E-state index in [1.807, 2.05) is 7.05 Å². The van der Waals surface area contributed by atoms with E-state index in [1.54, 1.807) is 0 Å². The number of nitrogens with zero attached hydrogens (tertiary/aromatic N) is 4. The van der Waals surface area contributed by atoms with Crippen molar-refractivity contribution in [3.05, 3.63) is 24.5 Å². The molecule has 124 valence electrons. The second-order valence-electron chi connectivity index (χ2n) is 5.79. The zero-order valence-electron chi connectivity index (χ0n) is 13.2. The zero-order chi connectivity index (χ0) is 14.5. The van der Waals surface area contributed by atoms with Gasteiger partial charge in [-0.15, -0.1) is 24.0 Å². The van der Waals surface area contributed by atoms with E-state index in [2.05, 4.69) is 54.5 Å². The molecule has 1 atom stereocenters. The molecule has 0 radical (unpaired) electrons. The smallest absolute Gasteiger partial charge is 0.191 e. The Bertz CT molecular complexity index is 453. The Hall–Kier alpha value is -0.800. The molecule has 3 aliphatic heterocycles. The van der Waals surface area contributed by atoms with E-state index in [0.29, 0.717) is 6.04 Å². The van der Waals surface area contributed by atoms with Crippen molar-refractivity contribution < 1.29 is 0 Å². The summed E-state index contributed by atoms with van der Waals surface area (Å²) in [7, 11) is 1.84. The fourth-order valence-electron chi connectivity index (χ4n) is 3.18. The Balaban J connectivity index is 0.00000176. The highest BCUT2D eigenvalue weighted by atomic mass is 127. The van der Waals surface area contributed by atoms with E-state index in [1.165, 1.54) is 32.7 Å². The number of hydrogen-bond donors (Lipinski definition) is 2. The molecule has 0 saturated carbocycles. The molecular weight excluding hydrogens is 391 g/mol. The molecule has 7 heteroatoms. The minimum Gasteiger partial charge on any atom is -0.355 e. The summed E-state index contributed by atoms with van der Waals surface area (Å²) >= 11 is 0. The van der Waals surface area contributed by atoms with Gasteiger partial charge in [-0.1, -0.05) is 0 Å². The number of nitrogens with one attached hydrogen (secondary N) is 2. The molecule has 22 heavy (non-hydrogen) atoms. The maximum atomic E-state index is 4.31. The molecule has 0 aliphatic carbocycles. The zero-order valence-corrected chi connectivity index (χ0v) is 15.6. The highest BCUT2D eigenvalue weighted by Gasteiger charge is 2.31. The van der Waals surface area contributed by atoms with Gasteiger partial charge in [-0.05, 0) is 12.1 Å². The fraction of sp³-hybridized carbons (Fsp3) is 0.667. The lowest BCUT2D eigenvalue weighted by molar-refractivity contribution is 0.0154. The molecule has 1 aromatic heterocycles. The van der Waals surface area contributed by atoms with Gasteiger partial charge in [-0.3, -0.25) is 14.8 Å². The molecule has 1 unspecified atom stereocenters. The van der Waals surface area contributed by atoms with Crippen molar-refractivity contribution in [3.8, 4) is 0 Å². The third-order valence-electron chi connectivity index (χ3n) is 4.45. The molecule has 1 aromatic rings.